The summed E-state index contributed by atoms with van der Waals surface area (Å²) in [5, 5.41) is 12.8. The maximum atomic E-state index is 12.7. The van der Waals surface area contributed by atoms with Gasteiger partial charge >= 0.3 is 0 Å². The lowest BCUT2D eigenvalue weighted by atomic mass is 10.0. The standard InChI is InChI=1S/C13H19FN2O.ClH/c14-5-4-13(16-8-6-15-7-9-16)11-2-1-3-12(17)10-11;/h1-3,10,13,15,17H,4-9H2;1H/t13-;/m1./s1. The van der Waals surface area contributed by atoms with Gasteiger partial charge in [0.15, 0.2) is 0 Å². The Labute approximate surface area is 113 Å². The Balaban J connectivity index is 0.00000162. The number of aromatic hydroxyl groups is 1. The SMILES string of the molecule is Cl.Oc1cccc([C@@H](CCF)N2CCNCC2)c1. The summed E-state index contributed by atoms with van der Waals surface area (Å²) >= 11 is 0. The normalized spacial score (nSPS) is 18.1. The second kappa shape index (κ2) is 7.56. The Morgan fingerprint density at radius 1 is 1.33 bits per heavy atom. The van der Waals surface area contributed by atoms with Crippen molar-refractivity contribution in [2.45, 2.75) is 12.5 Å². The van der Waals surface area contributed by atoms with Crippen molar-refractivity contribution in [3.8, 4) is 5.75 Å². The van der Waals surface area contributed by atoms with Crippen LogP contribution >= 0.6 is 12.4 Å². The minimum atomic E-state index is -0.329. The number of nitrogens with one attached hydrogen (secondary N) is 1. The van der Waals surface area contributed by atoms with Crippen LogP contribution in [0.1, 0.15) is 18.0 Å². The van der Waals surface area contributed by atoms with E-state index in [0.29, 0.717) is 6.42 Å². The van der Waals surface area contributed by atoms with Crippen molar-refractivity contribution in [1.29, 1.82) is 0 Å². The first kappa shape index (κ1) is 15.2. The highest BCUT2D eigenvalue weighted by atomic mass is 35.5. The molecule has 3 nitrogen and oxygen atoms in total. The average molecular weight is 275 g/mol. The molecule has 1 saturated heterocycles. The van der Waals surface area contributed by atoms with Crippen LogP contribution < -0.4 is 5.32 Å². The number of phenols is 1. The van der Waals surface area contributed by atoms with Gasteiger partial charge in [0.1, 0.15) is 5.75 Å². The van der Waals surface area contributed by atoms with Crippen LogP contribution in [-0.2, 0) is 0 Å². The van der Waals surface area contributed by atoms with Gasteiger partial charge in [0.25, 0.3) is 0 Å². The molecule has 1 aliphatic heterocycles. The zero-order valence-electron chi connectivity index (χ0n) is 10.3. The number of phenolic OH excluding ortho intramolecular Hbond substituents is 1. The number of hydrogen-bond acceptors (Lipinski definition) is 3. The van der Waals surface area contributed by atoms with Crippen molar-refractivity contribution in [3.05, 3.63) is 29.8 Å². The molecule has 0 aliphatic carbocycles. The maximum absolute atomic E-state index is 12.7. The van der Waals surface area contributed by atoms with Crippen molar-refractivity contribution < 1.29 is 9.50 Å². The smallest absolute Gasteiger partial charge is 0.115 e. The summed E-state index contributed by atoms with van der Waals surface area (Å²) in [6, 6.07) is 7.24. The van der Waals surface area contributed by atoms with Gasteiger partial charge in [-0.15, -0.1) is 12.4 Å². The summed E-state index contributed by atoms with van der Waals surface area (Å²) in [5.41, 5.74) is 1.00. The zero-order valence-corrected chi connectivity index (χ0v) is 11.1. The van der Waals surface area contributed by atoms with Gasteiger partial charge < -0.3 is 10.4 Å². The van der Waals surface area contributed by atoms with E-state index < -0.39 is 0 Å². The molecule has 2 N–H and O–H groups in total. The van der Waals surface area contributed by atoms with E-state index >= 15 is 0 Å². The van der Waals surface area contributed by atoms with E-state index in [1.54, 1.807) is 12.1 Å². The van der Waals surface area contributed by atoms with Crippen LogP contribution in [0.25, 0.3) is 0 Å². The van der Waals surface area contributed by atoms with Gasteiger partial charge in [0.2, 0.25) is 0 Å². The van der Waals surface area contributed by atoms with Gasteiger partial charge in [-0.05, 0) is 24.1 Å². The third-order valence-electron chi connectivity index (χ3n) is 3.23. The molecular formula is C13H20ClFN2O. The molecule has 1 aromatic carbocycles. The van der Waals surface area contributed by atoms with Gasteiger partial charge in [0.05, 0.1) is 6.67 Å². The number of halogens is 2. The Kier molecular flexibility index (Phi) is 6.39. The van der Waals surface area contributed by atoms with E-state index in [2.05, 4.69) is 10.2 Å². The molecule has 0 amide bonds. The monoisotopic (exact) mass is 274 g/mol. The number of benzene rings is 1. The zero-order chi connectivity index (χ0) is 12.1. The van der Waals surface area contributed by atoms with Crippen molar-refractivity contribution in [2.75, 3.05) is 32.9 Å². The fraction of sp³-hybridized carbons (Fsp3) is 0.538. The highest BCUT2D eigenvalue weighted by Gasteiger charge is 2.21. The van der Waals surface area contributed by atoms with E-state index in [9.17, 15) is 9.50 Å². The van der Waals surface area contributed by atoms with Crippen molar-refractivity contribution in [2.24, 2.45) is 0 Å². The minimum absolute atomic E-state index is 0. The molecule has 0 spiro atoms. The van der Waals surface area contributed by atoms with E-state index in [0.717, 1.165) is 31.7 Å². The molecule has 0 radical (unpaired) electrons. The molecule has 0 unspecified atom stereocenters. The lowest BCUT2D eigenvalue weighted by Crippen LogP contribution is -2.45. The molecule has 0 aromatic heterocycles. The fourth-order valence-corrected chi connectivity index (χ4v) is 2.39. The maximum Gasteiger partial charge on any atom is 0.115 e. The number of hydrogen-bond donors (Lipinski definition) is 2. The van der Waals surface area contributed by atoms with Gasteiger partial charge in [-0.3, -0.25) is 9.29 Å². The summed E-state index contributed by atoms with van der Waals surface area (Å²) < 4.78 is 12.7. The Bertz CT molecular complexity index is 359. The summed E-state index contributed by atoms with van der Waals surface area (Å²) in [6.07, 6.45) is 0.490. The number of rotatable bonds is 4. The molecule has 0 bridgehead atoms. The fourth-order valence-electron chi connectivity index (χ4n) is 2.39. The molecule has 2 rings (SSSR count). The Morgan fingerprint density at radius 2 is 2.06 bits per heavy atom. The first-order valence-corrected chi connectivity index (χ1v) is 6.11. The molecule has 1 atom stereocenters. The van der Waals surface area contributed by atoms with Crippen LogP contribution in [0.2, 0.25) is 0 Å². The molecular weight excluding hydrogens is 255 g/mol. The van der Waals surface area contributed by atoms with Crippen molar-refractivity contribution in [1.82, 2.24) is 10.2 Å². The Hall–Kier alpha value is -0.840. The lowest BCUT2D eigenvalue weighted by Gasteiger charge is -2.34. The van der Waals surface area contributed by atoms with Gasteiger partial charge in [-0.25, -0.2) is 0 Å². The van der Waals surface area contributed by atoms with E-state index in [-0.39, 0.29) is 30.9 Å². The Morgan fingerprint density at radius 3 is 2.67 bits per heavy atom. The summed E-state index contributed by atoms with van der Waals surface area (Å²) in [4.78, 5) is 2.28. The van der Waals surface area contributed by atoms with Crippen LogP contribution in [0.5, 0.6) is 5.75 Å². The molecule has 1 aromatic rings. The number of nitrogens with zero attached hydrogens (tertiary/aromatic N) is 1. The van der Waals surface area contributed by atoms with E-state index in [1.165, 1.54) is 0 Å². The lowest BCUT2D eigenvalue weighted by molar-refractivity contribution is 0.157. The van der Waals surface area contributed by atoms with Gasteiger partial charge in [-0.1, -0.05) is 12.1 Å². The molecule has 18 heavy (non-hydrogen) atoms. The molecule has 0 saturated carbocycles. The third kappa shape index (κ3) is 3.83. The van der Waals surface area contributed by atoms with Crippen LogP contribution in [0.4, 0.5) is 4.39 Å². The summed E-state index contributed by atoms with van der Waals surface area (Å²) in [6.45, 7) is 3.42. The predicted octanol–water partition coefficient (Wildman–Crippen LogP) is 2.12. The third-order valence-corrected chi connectivity index (χ3v) is 3.23. The highest BCUT2D eigenvalue weighted by Crippen LogP contribution is 2.27. The number of piperazine rings is 1. The molecule has 1 aliphatic rings. The van der Waals surface area contributed by atoms with Gasteiger partial charge in [0, 0.05) is 32.2 Å². The predicted molar refractivity (Wildman–Crippen MR) is 73.1 cm³/mol. The van der Waals surface area contributed by atoms with Crippen LogP contribution in [0.3, 0.4) is 0 Å². The summed E-state index contributed by atoms with van der Waals surface area (Å²) in [5.74, 6) is 0.251. The van der Waals surface area contributed by atoms with Crippen LogP contribution in [0.15, 0.2) is 24.3 Å². The van der Waals surface area contributed by atoms with E-state index in [4.69, 9.17) is 0 Å². The molecule has 1 heterocycles. The van der Waals surface area contributed by atoms with Crippen LogP contribution in [0, 0.1) is 0 Å². The van der Waals surface area contributed by atoms with E-state index in [1.807, 2.05) is 12.1 Å². The minimum Gasteiger partial charge on any atom is -0.508 e. The second-order valence-electron chi connectivity index (χ2n) is 4.37. The van der Waals surface area contributed by atoms with Crippen molar-refractivity contribution in [3.63, 3.8) is 0 Å². The molecule has 102 valence electrons. The summed E-state index contributed by atoms with van der Waals surface area (Å²) in [7, 11) is 0. The van der Waals surface area contributed by atoms with Crippen LogP contribution in [-0.4, -0.2) is 42.9 Å². The first-order chi connectivity index (χ1) is 8.31. The van der Waals surface area contributed by atoms with Crippen molar-refractivity contribution >= 4 is 12.4 Å². The number of alkyl halides is 1. The second-order valence-corrected chi connectivity index (χ2v) is 4.37. The molecule has 5 heteroatoms. The topological polar surface area (TPSA) is 35.5 Å². The average Bonchev–Trinajstić information content (AvgIpc) is 2.37. The first-order valence-electron chi connectivity index (χ1n) is 6.11. The molecule has 1 fully saturated rings. The van der Waals surface area contributed by atoms with Gasteiger partial charge in [-0.2, -0.15) is 0 Å². The quantitative estimate of drug-likeness (QED) is 0.883. The largest absolute Gasteiger partial charge is 0.508 e. The highest BCUT2D eigenvalue weighted by molar-refractivity contribution is 5.85.